The predicted molar refractivity (Wildman–Crippen MR) is 48.3 cm³/mol. The van der Waals surface area contributed by atoms with Gasteiger partial charge in [-0.1, -0.05) is 13.8 Å². The number of aromatic nitrogens is 1. The Morgan fingerprint density at radius 2 is 2.42 bits per heavy atom. The van der Waals surface area contributed by atoms with E-state index in [0.717, 1.165) is 6.42 Å². The lowest BCUT2D eigenvalue weighted by molar-refractivity contribution is 0.0949. The molecule has 1 aromatic rings. The Balaban J connectivity index is 2.14. The second-order valence-corrected chi connectivity index (χ2v) is 4.70. The molecule has 0 aromatic carbocycles. The molecule has 0 aliphatic heterocycles. The maximum atomic E-state index is 11.6. The molecule has 0 radical (unpaired) electrons. The van der Waals surface area contributed by atoms with Crippen molar-refractivity contribution in [2.45, 2.75) is 20.3 Å². The molecular weight excluding hydrogens is 170 g/mol. The summed E-state index contributed by atoms with van der Waals surface area (Å²) in [7, 11) is 0. The summed E-state index contributed by atoms with van der Waals surface area (Å²) >= 11 is 1.48. The zero-order chi connectivity index (χ0) is 8.77. The van der Waals surface area contributed by atoms with Gasteiger partial charge in [0.05, 0.1) is 5.51 Å². The van der Waals surface area contributed by atoms with Gasteiger partial charge in [-0.15, -0.1) is 11.3 Å². The Kier molecular flexibility index (Phi) is 1.58. The SMILES string of the molecule is CC1(C)CC1C(=O)c1cscn1. The number of rotatable bonds is 2. The van der Waals surface area contributed by atoms with Gasteiger partial charge in [0, 0.05) is 11.3 Å². The van der Waals surface area contributed by atoms with Crippen molar-refractivity contribution in [3.05, 3.63) is 16.6 Å². The molecule has 3 heteroatoms. The van der Waals surface area contributed by atoms with Crippen LogP contribution in [0.4, 0.5) is 0 Å². The van der Waals surface area contributed by atoms with Crippen molar-refractivity contribution < 1.29 is 4.79 Å². The quantitative estimate of drug-likeness (QED) is 0.656. The first kappa shape index (κ1) is 7.92. The molecule has 1 aliphatic rings. The molecule has 1 saturated carbocycles. The van der Waals surface area contributed by atoms with E-state index in [4.69, 9.17) is 0 Å². The fraction of sp³-hybridized carbons (Fsp3) is 0.556. The highest BCUT2D eigenvalue weighted by atomic mass is 32.1. The largest absolute Gasteiger partial charge is 0.292 e. The molecule has 12 heavy (non-hydrogen) atoms. The Bertz CT molecular complexity index is 302. The number of thiazole rings is 1. The van der Waals surface area contributed by atoms with Gasteiger partial charge in [-0.3, -0.25) is 4.79 Å². The van der Waals surface area contributed by atoms with Crippen molar-refractivity contribution in [3.8, 4) is 0 Å². The first-order chi connectivity index (χ1) is 5.61. The molecule has 2 nitrogen and oxygen atoms in total. The van der Waals surface area contributed by atoms with Crippen LogP contribution in [0.3, 0.4) is 0 Å². The van der Waals surface area contributed by atoms with E-state index in [2.05, 4.69) is 18.8 Å². The second-order valence-electron chi connectivity index (χ2n) is 3.98. The van der Waals surface area contributed by atoms with Crippen molar-refractivity contribution in [1.82, 2.24) is 4.98 Å². The van der Waals surface area contributed by atoms with Crippen molar-refractivity contribution in [2.24, 2.45) is 11.3 Å². The van der Waals surface area contributed by atoms with Gasteiger partial charge in [0.15, 0.2) is 5.78 Å². The van der Waals surface area contributed by atoms with Crippen LogP contribution in [-0.4, -0.2) is 10.8 Å². The third-order valence-corrected chi connectivity index (χ3v) is 3.10. The predicted octanol–water partition coefficient (Wildman–Crippen LogP) is 2.37. The molecule has 1 heterocycles. The molecule has 0 N–H and O–H groups in total. The van der Waals surface area contributed by atoms with E-state index < -0.39 is 0 Å². The number of hydrogen-bond donors (Lipinski definition) is 0. The number of nitrogens with zero attached hydrogens (tertiary/aromatic N) is 1. The van der Waals surface area contributed by atoms with Crippen LogP contribution in [0.5, 0.6) is 0 Å². The summed E-state index contributed by atoms with van der Waals surface area (Å²) in [6, 6.07) is 0. The van der Waals surface area contributed by atoms with Crippen LogP contribution in [-0.2, 0) is 0 Å². The summed E-state index contributed by atoms with van der Waals surface area (Å²) in [5, 5.41) is 1.83. The minimum atomic E-state index is 0.222. The van der Waals surface area contributed by atoms with E-state index in [1.807, 2.05) is 5.38 Å². The van der Waals surface area contributed by atoms with Crippen molar-refractivity contribution in [3.63, 3.8) is 0 Å². The minimum Gasteiger partial charge on any atom is -0.292 e. The van der Waals surface area contributed by atoms with Crippen LogP contribution in [0.15, 0.2) is 10.9 Å². The molecule has 0 amide bonds. The lowest BCUT2D eigenvalue weighted by Crippen LogP contribution is -2.06. The highest BCUT2D eigenvalue weighted by molar-refractivity contribution is 7.07. The average Bonchev–Trinajstić information content (AvgIpc) is 2.56. The van der Waals surface area contributed by atoms with E-state index in [-0.39, 0.29) is 17.1 Å². The van der Waals surface area contributed by atoms with E-state index in [1.165, 1.54) is 11.3 Å². The first-order valence-corrected chi connectivity index (χ1v) is 4.98. The molecule has 64 valence electrons. The van der Waals surface area contributed by atoms with Crippen molar-refractivity contribution in [2.75, 3.05) is 0 Å². The van der Waals surface area contributed by atoms with Gasteiger partial charge >= 0.3 is 0 Å². The van der Waals surface area contributed by atoms with E-state index in [9.17, 15) is 4.79 Å². The fourth-order valence-electron chi connectivity index (χ4n) is 1.43. The summed E-state index contributed by atoms with van der Waals surface area (Å²) in [6.07, 6.45) is 1.02. The zero-order valence-corrected chi connectivity index (χ0v) is 8.02. The Labute approximate surface area is 75.6 Å². The Hall–Kier alpha value is -0.700. The molecule has 0 bridgehead atoms. The number of Topliss-reactive ketones (excluding diaryl/α,β-unsaturated/α-hetero) is 1. The normalized spacial score (nSPS) is 25.3. The van der Waals surface area contributed by atoms with Gasteiger partial charge in [-0.05, 0) is 11.8 Å². The Morgan fingerprint density at radius 3 is 2.83 bits per heavy atom. The fourth-order valence-corrected chi connectivity index (χ4v) is 1.97. The monoisotopic (exact) mass is 181 g/mol. The molecule has 2 rings (SSSR count). The lowest BCUT2D eigenvalue weighted by atomic mass is 10.1. The van der Waals surface area contributed by atoms with Crippen LogP contribution >= 0.6 is 11.3 Å². The maximum Gasteiger partial charge on any atom is 0.185 e. The summed E-state index contributed by atoms with van der Waals surface area (Å²) in [6.45, 7) is 4.25. The van der Waals surface area contributed by atoms with Crippen molar-refractivity contribution in [1.29, 1.82) is 0 Å². The number of ketones is 1. The summed E-state index contributed by atoms with van der Waals surface area (Å²) < 4.78 is 0. The topological polar surface area (TPSA) is 30.0 Å². The van der Waals surface area contributed by atoms with Crippen LogP contribution in [0, 0.1) is 11.3 Å². The minimum absolute atomic E-state index is 0.222. The number of hydrogen-bond acceptors (Lipinski definition) is 3. The molecule has 1 aromatic heterocycles. The molecule has 1 atom stereocenters. The smallest absolute Gasteiger partial charge is 0.185 e. The van der Waals surface area contributed by atoms with Gasteiger partial charge in [-0.2, -0.15) is 0 Å². The van der Waals surface area contributed by atoms with E-state index in [1.54, 1.807) is 5.51 Å². The van der Waals surface area contributed by atoms with Gasteiger partial charge in [0.1, 0.15) is 5.69 Å². The van der Waals surface area contributed by atoms with Gasteiger partial charge in [0.25, 0.3) is 0 Å². The van der Waals surface area contributed by atoms with E-state index >= 15 is 0 Å². The molecule has 0 spiro atoms. The summed E-state index contributed by atoms with van der Waals surface area (Å²) in [5.41, 5.74) is 2.58. The standard InChI is InChI=1S/C9H11NOS/c1-9(2)3-6(9)8(11)7-4-12-5-10-7/h4-6H,3H2,1-2H3. The molecule has 1 unspecified atom stereocenters. The third-order valence-electron chi connectivity index (χ3n) is 2.51. The molecular formula is C9H11NOS. The maximum absolute atomic E-state index is 11.6. The van der Waals surface area contributed by atoms with Crippen LogP contribution in [0.1, 0.15) is 30.8 Å². The van der Waals surface area contributed by atoms with Gasteiger partial charge in [0.2, 0.25) is 0 Å². The second kappa shape index (κ2) is 2.39. The Morgan fingerprint density at radius 1 is 1.75 bits per heavy atom. The van der Waals surface area contributed by atoms with Gasteiger partial charge < -0.3 is 0 Å². The first-order valence-electron chi connectivity index (χ1n) is 4.04. The third kappa shape index (κ3) is 1.18. The molecule has 0 saturated heterocycles. The number of carbonyl (C=O) groups is 1. The lowest BCUT2D eigenvalue weighted by Gasteiger charge is -1.98. The highest BCUT2D eigenvalue weighted by Crippen LogP contribution is 2.52. The van der Waals surface area contributed by atoms with Gasteiger partial charge in [-0.25, -0.2) is 4.98 Å². The molecule has 1 fully saturated rings. The van der Waals surface area contributed by atoms with E-state index in [0.29, 0.717) is 5.69 Å². The number of carbonyl (C=O) groups excluding carboxylic acids is 1. The molecule has 1 aliphatic carbocycles. The summed E-state index contributed by atoms with van der Waals surface area (Å²) in [5.74, 6) is 0.445. The van der Waals surface area contributed by atoms with Crippen LogP contribution in [0.25, 0.3) is 0 Å². The van der Waals surface area contributed by atoms with Crippen molar-refractivity contribution >= 4 is 17.1 Å². The van der Waals surface area contributed by atoms with Crippen LogP contribution in [0.2, 0.25) is 0 Å². The zero-order valence-electron chi connectivity index (χ0n) is 7.20. The van der Waals surface area contributed by atoms with Crippen LogP contribution < -0.4 is 0 Å². The average molecular weight is 181 g/mol. The summed E-state index contributed by atoms with van der Waals surface area (Å²) in [4.78, 5) is 15.6. The highest BCUT2D eigenvalue weighted by Gasteiger charge is 2.50.